The van der Waals surface area contributed by atoms with E-state index >= 15 is 0 Å². The first kappa shape index (κ1) is 12.2. The van der Waals surface area contributed by atoms with Crippen molar-refractivity contribution >= 4 is 22.6 Å². The lowest BCUT2D eigenvalue weighted by atomic mass is 10.1. The van der Waals surface area contributed by atoms with E-state index in [4.69, 9.17) is 9.68 Å². The third-order valence-corrected chi connectivity index (χ3v) is 2.88. The molecule has 4 heteroatoms. The second kappa shape index (κ2) is 4.92. The summed E-state index contributed by atoms with van der Waals surface area (Å²) in [6.45, 7) is 4.05. The molecule has 0 radical (unpaired) electrons. The van der Waals surface area contributed by atoms with Crippen molar-refractivity contribution in [3.05, 3.63) is 29.5 Å². The van der Waals surface area contributed by atoms with Crippen molar-refractivity contribution in [1.29, 1.82) is 5.26 Å². The average molecular weight is 242 g/mol. The summed E-state index contributed by atoms with van der Waals surface area (Å²) in [5.74, 6) is 0.666. The number of hydrogen-bond acceptors (Lipinski definition) is 3. The molecule has 0 fully saturated rings. The Bertz CT molecular complexity index is 635. The van der Waals surface area contributed by atoms with E-state index in [0.717, 1.165) is 28.7 Å². The molecule has 0 saturated carbocycles. The van der Waals surface area contributed by atoms with Gasteiger partial charge in [0.15, 0.2) is 0 Å². The predicted octanol–water partition coefficient (Wildman–Crippen LogP) is 3.16. The molecule has 0 bridgehead atoms. The Hall–Kier alpha value is -2.28. The number of carbonyl (C=O) groups excluding carboxylic acids is 1. The molecule has 1 amide bonds. The third-order valence-electron chi connectivity index (χ3n) is 2.88. The number of rotatable bonds is 3. The van der Waals surface area contributed by atoms with Gasteiger partial charge in [-0.05, 0) is 30.7 Å². The smallest absolute Gasteiger partial charge is 0.238 e. The molecule has 0 spiro atoms. The fraction of sp³-hybridized carbons (Fsp3) is 0.286. The van der Waals surface area contributed by atoms with Crippen LogP contribution in [-0.4, -0.2) is 5.91 Å². The number of amides is 1. The van der Waals surface area contributed by atoms with Gasteiger partial charge in [-0.25, -0.2) is 0 Å². The molecule has 18 heavy (non-hydrogen) atoms. The lowest BCUT2D eigenvalue weighted by Crippen LogP contribution is -2.09. The molecule has 1 aromatic carbocycles. The maximum Gasteiger partial charge on any atom is 0.238 e. The molecule has 0 aliphatic heterocycles. The Labute approximate surface area is 105 Å². The van der Waals surface area contributed by atoms with Crippen LogP contribution in [0.4, 0.5) is 5.69 Å². The van der Waals surface area contributed by atoms with Crippen LogP contribution < -0.4 is 5.32 Å². The van der Waals surface area contributed by atoms with Gasteiger partial charge in [0.2, 0.25) is 5.91 Å². The first-order valence-corrected chi connectivity index (χ1v) is 5.84. The van der Waals surface area contributed by atoms with E-state index in [9.17, 15) is 4.79 Å². The summed E-state index contributed by atoms with van der Waals surface area (Å²) >= 11 is 0. The Kier molecular flexibility index (Phi) is 3.33. The molecule has 2 aromatic rings. The van der Waals surface area contributed by atoms with E-state index in [1.807, 2.05) is 32.0 Å². The Morgan fingerprint density at radius 3 is 2.94 bits per heavy atom. The van der Waals surface area contributed by atoms with Crippen molar-refractivity contribution in [2.75, 3.05) is 5.32 Å². The van der Waals surface area contributed by atoms with Crippen LogP contribution >= 0.6 is 0 Å². The molecule has 4 nitrogen and oxygen atoms in total. The maximum atomic E-state index is 11.3. The van der Waals surface area contributed by atoms with E-state index in [0.29, 0.717) is 5.69 Å². The number of nitrogens with zero attached hydrogens (tertiary/aromatic N) is 1. The molecular formula is C14H14N2O2. The minimum Gasteiger partial charge on any atom is -0.461 e. The number of fused-ring (bicyclic) bond motifs is 1. The summed E-state index contributed by atoms with van der Waals surface area (Å²) in [7, 11) is 0. The molecular weight excluding hydrogens is 228 g/mol. The standard InChI is InChI=1S/C14H14N2O2/c1-3-12-9(2)11-8-10(4-5-13(11)18-12)16-14(17)6-7-15/h4-5,8H,3,6H2,1-2H3,(H,16,17). The molecule has 0 atom stereocenters. The van der Waals surface area contributed by atoms with Crippen LogP contribution in [0.25, 0.3) is 11.0 Å². The van der Waals surface area contributed by atoms with Crippen molar-refractivity contribution in [3.63, 3.8) is 0 Å². The molecule has 0 aliphatic carbocycles. The summed E-state index contributed by atoms with van der Waals surface area (Å²) < 4.78 is 5.69. The molecule has 1 aromatic heterocycles. The minimum absolute atomic E-state index is 0.136. The third kappa shape index (κ3) is 2.21. The number of nitrogens with one attached hydrogen (secondary N) is 1. The van der Waals surface area contributed by atoms with Gasteiger partial charge >= 0.3 is 0 Å². The summed E-state index contributed by atoms with van der Waals surface area (Å²) in [6.07, 6.45) is 0.708. The van der Waals surface area contributed by atoms with Gasteiger partial charge in [-0.15, -0.1) is 0 Å². The van der Waals surface area contributed by atoms with Crippen molar-refractivity contribution < 1.29 is 9.21 Å². The van der Waals surface area contributed by atoms with Crippen LogP contribution in [-0.2, 0) is 11.2 Å². The number of furan rings is 1. The zero-order chi connectivity index (χ0) is 13.1. The predicted molar refractivity (Wildman–Crippen MR) is 69.2 cm³/mol. The molecule has 0 unspecified atom stereocenters. The highest BCUT2D eigenvalue weighted by Crippen LogP contribution is 2.28. The van der Waals surface area contributed by atoms with Crippen LogP contribution in [0.2, 0.25) is 0 Å². The summed E-state index contributed by atoms with van der Waals surface area (Å²) in [4.78, 5) is 11.3. The lowest BCUT2D eigenvalue weighted by molar-refractivity contribution is -0.115. The van der Waals surface area contributed by atoms with E-state index in [1.165, 1.54) is 0 Å². The Morgan fingerprint density at radius 1 is 1.50 bits per heavy atom. The largest absolute Gasteiger partial charge is 0.461 e. The van der Waals surface area contributed by atoms with Gasteiger partial charge in [0.05, 0.1) is 6.07 Å². The van der Waals surface area contributed by atoms with Crippen LogP contribution in [0.15, 0.2) is 22.6 Å². The van der Waals surface area contributed by atoms with E-state index < -0.39 is 0 Å². The average Bonchev–Trinajstić information content (AvgIpc) is 2.66. The van der Waals surface area contributed by atoms with Gasteiger partial charge in [0, 0.05) is 17.5 Å². The molecule has 0 saturated heterocycles. The molecule has 2 rings (SSSR count). The fourth-order valence-electron chi connectivity index (χ4n) is 1.96. The van der Waals surface area contributed by atoms with E-state index in [2.05, 4.69) is 5.32 Å². The van der Waals surface area contributed by atoms with Gasteiger partial charge in [-0.2, -0.15) is 5.26 Å². The summed E-state index contributed by atoms with van der Waals surface area (Å²) in [6, 6.07) is 7.31. The second-order valence-electron chi connectivity index (χ2n) is 4.10. The highest BCUT2D eigenvalue weighted by molar-refractivity contribution is 5.95. The van der Waals surface area contributed by atoms with Gasteiger partial charge in [-0.3, -0.25) is 4.79 Å². The van der Waals surface area contributed by atoms with Crippen LogP contribution in [0.5, 0.6) is 0 Å². The molecule has 1 heterocycles. The normalized spacial score (nSPS) is 10.3. The Morgan fingerprint density at radius 2 is 2.28 bits per heavy atom. The first-order valence-electron chi connectivity index (χ1n) is 5.84. The van der Waals surface area contributed by atoms with Crippen LogP contribution in [0, 0.1) is 18.3 Å². The van der Waals surface area contributed by atoms with Gasteiger partial charge in [0.1, 0.15) is 17.8 Å². The van der Waals surface area contributed by atoms with Crippen molar-refractivity contribution in [2.45, 2.75) is 26.7 Å². The number of nitriles is 1. The van der Waals surface area contributed by atoms with Crippen molar-refractivity contribution in [2.24, 2.45) is 0 Å². The summed E-state index contributed by atoms with van der Waals surface area (Å²) in [5, 5.41) is 12.1. The SMILES string of the molecule is CCc1oc2ccc(NC(=O)CC#N)cc2c1C. The lowest BCUT2D eigenvalue weighted by Gasteiger charge is -2.02. The monoisotopic (exact) mass is 242 g/mol. The zero-order valence-corrected chi connectivity index (χ0v) is 10.4. The second-order valence-corrected chi connectivity index (χ2v) is 4.10. The molecule has 0 aliphatic rings. The van der Waals surface area contributed by atoms with E-state index in [1.54, 1.807) is 6.07 Å². The maximum absolute atomic E-state index is 11.3. The van der Waals surface area contributed by atoms with Crippen LogP contribution in [0.3, 0.4) is 0 Å². The Balaban J connectivity index is 2.35. The highest BCUT2D eigenvalue weighted by atomic mass is 16.3. The number of benzene rings is 1. The number of anilines is 1. The zero-order valence-electron chi connectivity index (χ0n) is 10.4. The van der Waals surface area contributed by atoms with Gasteiger partial charge in [0.25, 0.3) is 0 Å². The minimum atomic E-state index is -0.297. The number of hydrogen-bond donors (Lipinski definition) is 1. The van der Waals surface area contributed by atoms with Gasteiger partial charge in [-0.1, -0.05) is 6.92 Å². The topological polar surface area (TPSA) is 66.0 Å². The molecule has 92 valence electrons. The van der Waals surface area contributed by atoms with Gasteiger partial charge < -0.3 is 9.73 Å². The molecule has 1 N–H and O–H groups in total. The summed E-state index contributed by atoms with van der Waals surface area (Å²) in [5.41, 5.74) is 2.61. The van der Waals surface area contributed by atoms with Crippen molar-refractivity contribution in [3.8, 4) is 6.07 Å². The number of carbonyl (C=O) groups is 1. The quantitative estimate of drug-likeness (QED) is 0.899. The fourth-order valence-corrected chi connectivity index (χ4v) is 1.96. The highest BCUT2D eigenvalue weighted by Gasteiger charge is 2.10. The van der Waals surface area contributed by atoms with Crippen LogP contribution in [0.1, 0.15) is 24.7 Å². The first-order chi connectivity index (χ1) is 8.65. The van der Waals surface area contributed by atoms with Crippen molar-refractivity contribution in [1.82, 2.24) is 0 Å². The van der Waals surface area contributed by atoms with E-state index in [-0.39, 0.29) is 12.3 Å². The number of aryl methyl sites for hydroxylation is 2.